The van der Waals surface area contributed by atoms with Gasteiger partial charge in [0.2, 0.25) is 5.91 Å². The first kappa shape index (κ1) is 14.5. The van der Waals surface area contributed by atoms with E-state index in [-0.39, 0.29) is 11.9 Å². The highest BCUT2D eigenvalue weighted by atomic mass is 16.2. The first-order chi connectivity index (χ1) is 8.43. The number of carbonyl (C=O) groups excluding carboxylic acids is 1. The van der Waals surface area contributed by atoms with E-state index in [1.165, 1.54) is 0 Å². The van der Waals surface area contributed by atoms with Crippen molar-refractivity contribution in [2.45, 2.75) is 33.4 Å². The molecule has 4 heteroatoms. The molecule has 1 aromatic rings. The van der Waals surface area contributed by atoms with Gasteiger partial charge in [0.25, 0.3) is 0 Å². The van der Waals surface area contributed by atoms with Crippen LogP contribution in [0.2, 0.25) is 0 Å². The molecule has 18 heavy (non-hydrogen) atoms. The van der Waals surface area contributed by atoms with Crippen molar-refractivity contribution >= 4 is 11.6 Å². The van der Waals surface area contributed by atoms with Crippen LogP contribution in [0.3, 0.4) is 0 Å². The molecule has 4 nitrogen and oxygen atoms in total. The Morgan fingerprint density at radius 3 is 2.61 bits per heavy atom. The highest BCUT2D eigenvalue weighted by Crippen LogP contribution is 2.17. The molecular weight excluding hydrogens is 226 g/mol. The van der Waals surface area contributed by atoms with E-state index in [4.69, 9.17) is 5.73 Å². The minimum atomic E-state index is 0.0352. The molecule has 100 valence electrons. The number of nitrogens with zero attached hydrogens (tertiary/aromatic N) is 1. The number of nitrogens with two attached hydrogens (primary N) is 1. The van der Waals surface area contributed by atoms with Gasteiger partial charge in [0.05, 0.1) is 6.54 Å². The number of hydrogen-bond acceptors (Lipinski definition) is 3. The highest BCUT2D eigenvalue weighted by Gasteiger charge is 2.09. The molecule has 1 rings (SSSR count). The summed E-state index contributed by atoms with van der Waals surface area (Å²) in [4.78, 5) is 13.6. The molecule has 0 heterocycles. The molecule has 3 N–H and O–H groups in total. The lowest BCUT2D eigenvalue weighted by Gasteiger charge is -2.20. The maximum Gasteiger partial charge on any atom is 0.239 e. The normalized spacial score (nSPS) is 10.6. The van der Waals surface area contributed by atoms with Gasteiger partial charge in [-0.1, -0.05) is 6.07 Å². The van der Waals surface area contributed by atoms with Gasteiger partial charge in [-0.3, -0.25) is 4.79 Å². The lowest BCUT2D eigenvalue weighted by atomic mass is 10.1. The maximum absolute atomic E-state index is 11.7. The first-order valence-electron chi connectivity index (χ1n) is 6.24. The van der Waals surface area contributed by atoms with Crippen LogP contribution in [0.15, 0.2) is 18.2 Å². The number of anilines is 1. The van der Waals surface area contributed by atoms with Gasteiger partial charge in [0, 0.05) is 25.3 Å². The number of carbonyl (C=O) groups is 1. The van der Waals surface area contributed by atoms with Crippen molar-refractivity contribution in [3.05, 3.63) is 29.3 Å². The summed E-state index contributed by atoms with van der Waals surface area (Å²) in [7, 11) is 1.91. The molecule has 0 aliphatic rings. The van der Waals surface area contributed by atoms with E-state index in [0.717, 1.165) is 16.8 Å². The molecule has 0 saturated carbocycles. The quantitative estimate of drug-likeness (QED) is 0.829. The second-order valence-electron chi connectivity index (χ2n) is 4.89. The van der Waals surface area contributed by atoms with Gasteiger partial charge in [0.1, 0.15) is 0 Å². The van der Waals surface area contributed by atoms with Gasteiger partial charge in [-0.05, 0) is 44.0 Å². The molecule has 0 bridgehead atoms. The molecule has 1 amide bonds. The fourth-order valence-electron chi connectivity index (χ4n) is 1.82. The van der Waals surface area contributed by atoms with Crippen molar-refractivity contribution in [2.75, 3.05) is 18.5 Å². The molecule has 0 radical (unpaired) electrons. The standard InChI is InChI=1S/C14H23N3O/c1-10(2)16-14(18)9-17(4)13-6-5-12(8-15)11(3)7-13/h5-7,10H,8-9,15H2,1-4H3,(H,16,18). The third kappa shape index (κ3) is 4.04. The van der Waals surface area contributed by atoms with Gasteiger partial charge < -0.3 is 16.0 Å². The highest BCUT2D eigenvalue weighted by molar-refractivity contribution is 5.81. The Labute approximate surface area is 109 Å². The van der Waals surface area contributed by atoms with E-state index in [1.54, 1.807) is 0 Å². The van der Waals surface area contributed by atoms with E-state index in [1.807, 2.05) is 44.9 Å². The average molecular weight is 249 g/mol. The second-order valence-corrected chi connectivity index (χ2v) is 4.89. The summed E-state index contributed by atoms with van der Waals surface area (Å²) in [6.07, 6.45) is 0. The van der Waals surface area contributed by atoms with Crippen molar-refractivity contribution in [3.63, 3.8) is 0 Å². The molecule has 0 aliphatic heterocycles. The van der Waals surface area contributed by atoms with Crippen molar-refractivity contribution in [3.8, 4) is 0 Å². The minimum absolute atomic E-state index is 0.0352. The van der Waals surface area contributed by atoms with E-state index in [9.17, 15) is 4.79 Å². The molecule has 0 atom stereocenters. The Balaban J connectivity index is 2.69. The maximum atomic E-state index is 11.7. The van der Waals surface area contributed by atoms with Crippen LogP contribution in [0.25, 0.3) is 0 Å². The van der Waals surface area contributed by atoms with Crippen LogP contribution in [-0.2, 0) is 11.3 Å². The van der Waals surface area contributed by atoms with Crippen molar-refractivity contribution in [1.29, 1.82) is 0 Å². The summed E-state index contributed by atoms with van der Waals surface area (Å²) in [6.45, 7) is 6.85. The van der Waals surface area contributed by atoms with E-state index >= 15 is 0 Å². The lowest BCUT2D eigenvalue weighted by molar-refractivity contribution is -0.120. The van der Waals surface area contributed by atoms with Crippen molar-refractivity contribution in [1.82, 2.24) is 5.32 Å². The van der Waals surface area contributed by atoms with Gasteiger partial charge in [-0.15, -0.1) is 0 Å². The monoisotopic (exact) mass is 249 g/mol. The number of rotatable bonds is 5. The van der Waals surface area contributed by atoms with Gasteiger partial charge in [-0.2, -0.15) is 0 Å². The van der Waals surface area contributed by atoms with Crippen LogP contribution >= 0.6 is 0 Å². The number of aryl methyl sites for hydroxylation is 1. The summed E-state index contributed by atoms with van der Waals surface area (Å²) < 4.78 is 0. The lowest BCUT2D eigenvalue weighted by Crippen LogP contribution is -2.38. The summed E-state index contributed by atoms with van der Waals surface area (Å²) in [5.74, 6) is 0.0352. The van der Waals surface area contributed by atoms with Crippen LogP contribution in [0.1, 0.15) is 25.0 Å². The molecule has 0 spiro atoms. The van der Waals surface area contributed by atoms with E-state index in [0.29, 0.717) is 13.1 Å². The second kappa shape index (κ2) is 6.40. The van der Waals surface area contributed by atoms with Gasteiger partial charge >= 0.3 is 0 Å². The fraction of sp³-hybridized carbons (Fsp3) is 0.500. The first-order valence-corrected chi connectivity index (χ1v) is 6.24. The number of amides is 1. The zero-order chi connectivity index (χ0) is 13.7. The van der Waals surface area contributed by atoms with E-state index in [2.05, 4.69) is 11.4 Å². The number of benzene rings is 1. The topological polar surface area (TPSA) is 58.4 Å². The third-order valence-electron chi connectivity index (χ3n) is 2.82. The Hall–Kier alpha value is -1.55. The molecule has 0 unspecified atom stereocenters. The number of likely N-dealkylation sites (N-methyl/N-ethyl adjacent to an activating group) is 1. The molecular formula is C14H23N3O. The van der Waals surface area contributed by atoms with Crippen LogP contribution in [0.4, 0.5) is 5.69 Å². The van der Waals surface area contributed by atoms with E-state index < -0.39 is 0 Å². The van der Waals surface area contributed by atoms with Gasteiger partial charge in [0.15, 0.2) is 0 Å². The van der Waals surface area contributed by atoms with Crippen LogP contribution < -0.4 is 16.0 Å². The Kier molecular flexibility index (Phi) is 5.16. The molecule has 0 aliphatic carbocycles. The Morgan fingerprint density at radius 2 is 2.11 bits per heavy atom. The zero-order valence-corrected chi connectivity index (χ0v) is 11.7. The number of hydrogen-bond donors (Lipinski definition) is 2. The summed E-state index contributed by atoms with van der Waals surface area (Å²) in [5.41, 5.74) is 8.96. The predicted molar refractivity (Wildman–Crippen MR) is 75.6 cm³/mol. The summed E-state index contributed by atoms with van der Waals surface area (Å²) >= 11 is 0. The third-order valence-corrected chi connectivity index (χ3v) is 2.82. The average Bonchev–Trinajstić information content (AvgIpc) is 2.27. The van der Waals surface area contributed by atoms with Crippen LogP contribution in [0.5, 0.6) is 0 Å². The summed E-state index contributed by atoms with van der Waals surface area (Å²) in [6, 6.07) is 6.25. The number of nitrogens with one attached hydrogen (secondary N) is 1. The van der Waals surface area contributed by atoms with Crippen molar-refractivity contribution < 1.29 is 4.79 Å². The van der Waals surface area contributed by atoms with Gasteiger partial charge in [-0.25, -0.2) is 0 Å². The zero-order valence-electron chi connectivity index (χ0n) is 11.7. The SMILES string of the molecule is Cc1cc(N(C)CC(=O)NC(C)C)ccc1CN. The smallest absolute Gasteiger partial charge is 0.239 e. The molecule has 0 saturated heterocycles. The Morgan fingerprint density at radius 1 is 1.44 bits per heavy atom. The Bertz CT molecular complexity index is 416. The molecule has 0 aromatic heterocycles. The largest absolute Gasteiger partial charge is 0.365 e. The summed E-state index contributed by atoms with van der Waals surface area (Å²) in [5, 5.41) is 2.88. The minimum Gasteiger partial charge on any atom is -0.365 e. The van der Waals surface area contributed by atoms with Crippen LogP contribution in [-0.4, -0.2) is 25.5 Å². The van der Waals surface area contributed by atoms with Crippen LogP contribution in [0, 0.1) is 6.92 Å². The molecule has 0 fully saturated rings. The fourth-order valence-corrected chi connectivity index (χ4v) is 1.82. The van der Waals surface area contributed by atoms with Crippen molar-refractivity contribution in [2.24, 2.45) is 5.73 Å². The molecule has 1 aromatic carbocycles. The predicted octanol–water partition coefficient (Wildman–Crippen LogP) is 1.41.